The smallest absolute Gasteiger partial charge is 0.231 e. The van der Waals surface area contributed by atoms with Crippen LogP contribution in [-0.2, 0) is 10.8 Å². The molecule has 0 amide bonds. The summed E-state index contributed by atoms with van der Waals surface area (Å²) in [6.45, 7) is 4.38. The molecule has 0 aromatic heterocycles. The van der Waals surface area contributed by atoms with Gasteiger partial charge in [-0.05, 0) is 23.6 Å². The Labute approximate surface area is 110 Å². The van der Waals surface area contributed by atoms with Gasteiger partial charge >= 0.3 is 0 Å². The molecule has 1 aromatic rings. The molecular formula is C13H19NO3S. The Morgan fingerprint density at radius 3 is 2.72 bits per heavy atom. The number of rotatable bonds is 5. The van der Waals surface area contributed by atoms with E-state index < -0.39 is 10.8 Å². The topological polar surface area (TPSA) is 61.6 Å². The lowest BCUT2D eigenvalue weighted by atomic mass is 10.1. The van der Waals surface area contributed by atoms with E-state index in [0.717, 1.165) is 17.1 Å². The molecule has 2 N–H and O–H groups in total. The maximum absolute atomic E-state index is 11.8. The predicted octanol–water partition coefficient (Wildman–Crippen LogP) is 1.82. The zero-order valence-electron chi connectivity index (χ0n) is 10.7. The van der Waals surface area contributed by atoms with Crippen LogP contribution in [0.25, 0.3) is 0 Å². The molecule has 1 heterocycles. The van der Waals surface area contributed by atoms with Gasteiger partial charge in [-0.25, -0.2) is 0 Å². The zero-order chi connectivity index (χ0) is 13.1. The Balaban J connectivity index is 2.00. The van der Waals surface area contributed by atoms with E-state index in [1.165, 1.54) is 0 Å². The second-order valence-electron chi connectivity index (χ2n) is 4.89. The van der Waals surface area contributed by atoms with Gasteiger partial charge in [-0.1, -0.05) is 19.9 Å². The summed E-state index contributed by atoms with van der Waals surface area (Å²) in [5.41, 5.74) is 7.02. The lowest BCUT2D eigenvalue weighted by Crippen LogP contribution is -2.21. The molecule has 0 saturated carbocycles. The van der Waals surface area contributed by atoms with Crippen molar-refractivity contribution in [2.45, 2.75) is 19.9 Å². The summed E-state index contributed by atoms with van der Waals surface area (Å²) in [5, 5.41) is 0. The zero-order valence-corrected chi connectivity index (χ0v) is 11.5. The first-order chi connectivity index (χ1) is 8.56. The summed E-state index contributed by atoms with van der Waals surface area (Å²) in [6.07, 6.45) is 0. The standard InChI is InChI=1S/C13H19NO3S/c1-9(2)6-18(15)7-11(14)10-3-4-12-13(5-10)17-8-16-12/h3-5,9,11H,6-8,14H2,1-2H3. The molecule has 0 bridgehead atoms. The fraction of sp³-hybridized carbons (Fsp3) is 0.538. The van der Waals surface area contributed by atoms with Gasteiger partial charge < -0.3 is 15.2 Å². The molecule has 2 rings (SSSR count). The molecule has 5 heteroatoms. The quantitative estimate of drug-likeness (QED) is 0.885. The van der Waals surface area contributed by atoms with Gasteiger partial charge in [0.1, 0.15) is 0 Å². The number of ether oxygens (including phenoxy) is 2. The van der Waals surface area contributed by atoms with Gasteiger partial charge in [0, 0.05) is 28.3 Å². The molecule has 0 saturated heterocycles. The average Bonchev–Trinajstić information content (AvgIpc) is 2.74. The van der Waals surface area contributed by atoms with E-state index in [-0.39, 0.29) is 12.8 Å². The number of hydrogen-bond acceptors (Lipinski definition) is 4. The van der Waals surface area contributed by atoms with Crippen molar-refractivity contribution in [3.05, 3.63) is 23.8 Å². The molecule has 1 aliphatic rings. The predicted molar refractivity (Wildman–Crippen MR) is 72.2 cm³/mol. The van der Waals surface area contributed by atoms with Crippen LogP contribution in [0.3, 0.4) is 0 Å². The molecule has 1 aromatic carbocycles. The van der Waals surface area contributed by atoms with Crippen LogP contribution in [0.5, 0.6) is 11.5 Å². The van der Waals surface area contributed by atoms with Gasteiger partial charge in [0.2, 0.25) is 6.79 Å². The SMILES string of the molecule is CC(C)CS(=O)CC(N)c1ccc2c(c1)OCO2. The van der Waals surface area contributed by atoms with Crippen molar-refractivity contribution in [2.24, 2.45) is 11.7 Å². The van der Waals surface area contributed by atoms with E-state index in [0.29, 0.717) is 17.4 Å². The Kier molecular flexibility index (Phi) is 4.24. The Morgan fingerprint density at radius 2 is 2.00 bits per heavy atom. The van der Waals surface area contributed by atoms with Gasteiger partial charge in [-0.2, -0.15) is 0 Å². The van der Waals surface area contributed by atoms with Crippen LogP contribution in [0, 0.1) is 5.92 Å². The Morgan fingerprint density at radius 1 is 1.28 bits per heavy atom. The minimum atomic E-state index is -0.876. The number of nitrogens with two attached hydrogens (primary N) is 1. The minimum absolute atomic E-state index is 0.223. The molecule has 2 atom stereocenters. The summed E-state index contributed by atoms with van der Waals surface area (Å²) in [4.78, 5) is 0. The van der Waals surface area contributed by atoms with Gasteiger partial charge in [0.25, 0.3) is 0 Å². The van der Waals surface area contributed by atoms with Crippen molar-refractivity contribution < 1.29 is 13.7 Å². The normalized spacial score (nSPS) is 16.9. The monoisotopic (exact) mass is 269 g/mol. The maximum Gasteiger partial charge on any atom is 0.231 e. The third-order valence-corrected chi connectivity index (χ3v) is 4.48. The molecule has 0 aliphatic carbocycles. The number of benzene rings is 1. The highest BCUT2D eigenvalue weighted by Crippen LogP contribution is 2.33. The molecule has 2 unspecified atom stereocenters. The molecule has 0 radical (unpaired) electrons. The number of fused-ring (bicyclic) bond motifs is 1. The van der Waals surface area contributed by atoms with Gasteiger partial charge in [-0.3, -0.25) is 4.21 Å². The van der Waals surface area contributed by atoms with Crippen LogP contribution < -0.4 is 15.2 Å². The molecule has 100 valence electrons. The molecule has 18 heavy (non-hydrogen) atoms. The maximum atomic E-state index is 11.8. The highest BCUT2D eigenvalue weighted by Gasteiger charge is 2.17. The lowest BCUT2D eigenvalue weighted by molar-refractivity contribution is 0.174. The van der Waals surface area contributed by atoms with Crippen LogP contribution in [0.15, 0.2) is 18.2 Å². The molecule has 1 aliphatic heterocycles. The van der Waals surface area contributed by atoms with Gasteiger partial charge in [-0.15, -0.1) is 0 Å². The summed E-state index contributed by atoms with van der Waals surface area (Å²) < 4.78 is 22.4. The Hall–Kier alpha value is -1.07. The Bertz CT molecular complexity index is 448. The first kappa shape index (κ1) is 13.4. The van der Waals surface area contributed by atoms with Crippen molar-refractivity contribution in [2.75, 3.05) is 18.3 Å². The third kappa shape index (κ3) is 3.23. The van der Waals surface area contributed by atoms with Crippen LogP contribution in [0.2, 0.25) is 0 Å². The summed E-state index contributed by atoms with van der Waals surface area (Å²) in [5.74, 6) is 3.07. The van der Waals surface area contributed by atoms with Gasteiger partial charge in [0.15, 0.2) is 11.5 Å². The molecule has 0 spiro atoms. The highest BCUT2D eigenvalue weighted by molar-refractivity contribution is 7.85. The van der Waals surface area contributed by atoms with E-state index in [2.05, 4.69) is 13.8 Å². The van der Waals surface area contributed by atoms with E-state index in [1.807, 2.05) is 18.2 Å². The number of hydrogen-bond donors (Lipinski definition) is 1. The van der Waals surface area contributed by atoms with Crippen molar-refractivity contribution in [1.29, 1.82) is 0 Å². The van der Waals surface area contributed by atoms with Crippen molar-refractivity contribution in [3.63, 3.8) is 0 Å². The van der Waals surface area contributed by atoms with E-state index >= 15 is 0 Å². The second-order valence-corrected chi connectivity index (χ2v) is 6.43. The summed E-state index contributed by atoms with van der Waals surface area (Å²) >= 11 is 0. The molecular weight excluding hydrogens is 250 g/mol. The van der Waals surface area contributed by atoms with Gasteiger partial charge in [0.05, 0.1) is 0 Å². The highest BCUT2D eigenvalue weighted by atomic mass is 32.2. The first-order valence-electron chi connectivity index (χ1n) is 6.06. The van der Waals surface area contributed by atoms with Crippen LogP contribution in [0.1, 0.15) is 25.5 Å². The molecule has 0 fully saturated rings. The third-order valence-electron chi connectivity index (χ3n) is 2.71. The van der Waals surface area contributed by atoms with Crippen molar-refractivity contribution in [1.82, 2.24) is 0 Å². The summed E-state index contributed by atoms with van der Waals surface area (Å²) in [6, 6.07) is 5.41. The van der Waals surface area contributed by atoms with E-state index in [4.69, 9.17) is 15.2 Å². The van der Waals surface area contributed by atoms with Crippen LogP contribution in [0.4, 0.5) is 0 Å². The fourth-order valence-electron chi connectivity index (χ4n) is 1.88. The van der Waals surface area contributed by atoms with Crippen molar-refractivity contribution in [3.8, 4) is 11.5 Å². The second kappa shape index (κ2) is 5.71. The summed E-state index contributed by atoms with van der Waals surface area (Å²) in [7, 11) is -0.876. The van der Waals surface area contributed by atoms with Crippen LogP contribution in [-0.4, -0.2) is 22.5 Å². The van der Waals surface area contributed by atoms with E-state index in [1.54, 1.807) is 0 Å². The largest absolute Gasteiger partial charge is 0.454 e. The van der Waals surface area contributed by atoms with Crippen molar-refractivity contribution >= 4 is 10.8 Å². The minimum Gasteiger partial charge on any atom is -0.454 e. The fourth-order valence-corrected chi connectivity index (χ4v) is 3.35. The first-order valence-corrected chi connectivity index (χ1v) is 7.55. The lowest BCUT2D eigenvalue weighted by Gasteiger charge is -2.13. The molecule has 4 nitrogen and oxygen atoms in total. The van der Waals surface area contributed by atoms with Crippen LogP contribution >= 0.6 is 0 Å². The van der Waals surface area contributed by atoms with E-state index in [9.17, 15) is 4.21 Å². The average molecular weight is 269 g/mol.